The molecule has 5 nitrogen and oxygen atoms in total. The van der Waals surface area contributed by atoms with Gasteiger partial charge in [0.25, 0.3) is 0 Å². The number of aromatic nitrogens is 1. The molecule has 0 aliphatic heterocycles. The third-order valence-corrected chi connectivity index (χ3v) is 4.54. The molecular formula is C20H21FN2O3. The number of benzene rings is 2. The number of carbonyl (C=O) groups is 1. The molecule has 3 rings (SSSR count). The number of rotatable bonds is 5. The van der Waals surface area contributed by atoms with Crippen molar-refractivity contribution in [2.75, 3.05) is 19.5 Å². The Kier molecular flexibility index (Phi) is 4.59. The van der Waals surface area contributed by atoms with E-state index in [1.807, 2.05) is 13.8 Å². The molecule has 3 aromatic rings. The standard InChI is InChI=1S/C20H21FN2O3/c1-20(2,15-11-22-16-9-12(21)5-7-14(15)16)19(24)23-17-10-13(25-3)6-8-18(17)26-4/h5-11,22H,1-4H3,(H,23,24). The highest BCUT2D eigenvalue weighted by molar-refractivity contribution is 6.02. The summed E-state index contributed by atoms with van der Waals surface area (Å²) in [5, 5.41) is 3.72. The van der Waals surface area contributed by atoms with E-state index in [9.17, 15) is 9.18 Å². The minimum Gasteiger partial charge on any atom is -0.497 e. The first kappa shape index (κ1) is 17.8. The van der Waals surface area contributed by atoms with Crippen LogP contribution in [0.3, 0.4) is 0 Å². The summed E-state index contributed by atoms with van der Waals surface area (Å²) in [4.78, 5) is 16.0. The SMILES string of the molecule is COc1ccc(OC)c(NC(=O)C(C)(C)c2c[nH]c3cc(F)ccc23)c1. The van der Waals surface area contributed by atoms with Crippen LogP contribution >= 0.6 is 0 Å². The number of halogens is 1. The van der Waals surface area contributed by atoms with Gasteiger partial charge in [-0.2, -0.15) is 0 Å². The fourth-order valence-electron chi connectivity index (χ4n) is 2.93. The van der Waals surface area contributed by atoms with Crippen molar-refractivity contribution in [2.24, 2.45) is 0 Å². The van der Waals surface area contributed by atoms with Gasteiger partial charge < -0.3 is 19.8 Å². The molecule has 136 valence electrons. The highest BCUT2D eigenvalue weighted by Crippen LogP contribution is 2.34. The van der Waals surface area contributed by atoms with Gasteiger partial charge in [0.05, 0.1) is 25.3 Å². The Morgan fingerprint density at radius 2 is 1.88 bits per heavy atom. The van der Waals surface area contributed by atoms with Crippen LogP contribution in [0.4, 0.5) is 10.1 Å². The summed E-state index contributed by atoms with van der Waals surface area (Å²) in [7, 11) is 3.10. The summed E-state index contributed by atoms with van der Waals surface area (Å²) in [6.45, 7) is 3.64. The van der Waals surface area contributed by atoms with E-state index in [4.69, 9.17) is 9.47 Å². The van der Waals surface area contributed by atoms with Gasteiger partial charge in [-0.25, -0.2) is 4.39 Å². The zero-order chi connectivity index (χ0) is 18.9. The van der Waals surface area contributed by atoms with Gasteiger partial charge in [-0.3, -0.25) is 4.79 Å². The Hall–Kier alpha value is -3.02. The second-order valence-electron chi connectivity index (χ2n) is 6.54. The molecule has 0 radical (unpaired) electrons. The molecule has 0 saturated heterocycles. The smallest absolute Gasteiger partial charge is 0.234 e. The third kappa shape index (κ3) is 3.10. The number of nitrogens with one attached hydrogen (secondary N) is 2. The second kappa shape index (κ2) is 6.71. The number of hydrogen-bond acceptors (Lipinski definition) is 3. The Labute approximate surface area is 151 Å². The van der Waals surface area contributed by atoms with Gasteiger partial charge in [0.15, 0.2) is 0 Å². The van der Waals surface area contributed by atoms with Crippen LogP contribution in [0, 0.1) is 5.82 Å². The van der Waals surface area contributed by atoms with Crippen molar-refractivity contribution in [2.45, 2.75) is 19.3 Å². The Morgan fingerprint density at radius 3 is 2.58 bits per heavy atom. The van der Waals surface area contributed by atoms with Crippen molar-refractivity contribution in [3.63, 3.8) is 0 Å². The van der Waals surface area contributed by atoms with Gasteiger partial charge in [0, 0.05) is 23.2 Å². The molecular weight excluding hydrogens is 335 g/mol. The summed E-state index contributed by atoms with van der Waals surface area (Å²) >= 11 is 0. The zero-order valence-electron chi connectivity index (χ0n) is 15.1. The summed E-state index contributed by atoms with van der Waals surface area (Å²) in [5.74, 6) is 0.612. The molecule has 26 heavy (non-hydrogen) atoms. The number of H-pyrrole nitrogens is 1. The minimum atomic E-state index is -0.857. The Morgan fingerprint density at radius 1 is 1.12 bits per heavy atom. The number of fused-ring (bicyclic) bond motifs is 1. The topological polar surface area (TPSA) is 63.4 Å². The predicted molar refractivity (Wildman–Crippen MR) is 99.5 cm³/mol. The molecule has 0 fully saturated rings. The zero-order valence-corrected chi connectivity index (χ0v) is 15.1. The lowest BCUT2D eigenvalue weighted by atomic mass is 9.83. The molecule has 0 saturated carbocycles. The first-order valence-electron chi connectivity index (χ1n) is 8.17. The van der Waals surface area contributed by atoms with Crippen LogP contribution in [-0.2, 0) is 10.2 Å². The van der Waals surface area contributed by atoms with E-state index in [1.165, 1.54) is 19.2 Å². The summed E-state index contributed by atoms with van der Waals surface area (Å²) in [5.41, 5.74) is 1.10. The number of hydrogen-bond donors (Lipinski definition) is 2. The summed E-state index contributed by atoms with van der Waals surface area (Å²) in [6.07, 6.45) is 1.74. The van der Waals surface area contributed by atoms with E-state index in [-0.39, 0.29) is 11.7 Å². The van der Waals surface area contributed by atoms with E-state index < -0.39 is 5.41 Å². The molecule has 2 N–H and O–H groups in total. The van der Waals surface area contributed by atoms with Gasteiger partial charge in [-0.1, -0.05) is 0 Å². The number of methoxy groups -OCH3 is 2. The van der Waals surface area contributed by atoms with E-state index in [0.29, 0.717) is 22.7 Å². The van der Waals surface area contributed by atoms with Crippen LogP contribution in [0.15, 0.2) is 42.6 Å². The maximum atomic E-state index is 13.4. The highest BCUT2D eigenvalue weighted by Gasteiger charge is 2.33. The number of amides is 1. The van der Waals surface area contributed by atoms with Crippen LogP contribution < -0.4 is 14.8 Å². The lowest BCUT2D eigenvalue weighted by molar-refractivity contribution is -0.120. The molecule has 0 spiro atoms. The van der Waals surface area contributed by atoms with E-state index >= 15 is 0 Å². The number of aromatic amines is 1. The fraction of sp³-hybridized carbons (Fsp3) is 0.250. The quantitative estimate of drug-likeness (QED) is 0.719. The maximum absolute atomic E-state index is 13.4. The third-order valence-electron chi connectivity index (χ3n) is 4.54. The van der Waals surface area contributed by atoms with E-state index in [1.54, 1.807) is 37.6 Å². The maximum Gasteiger partial charge on any atom is 0.234 e. The molecule has 1 amide bonds. The van der Waals surface area contributed by atoms with Crippen molar-refractivity contribution in [1.82, 2.24) is 4.98 Å². The van der Waals surface area contributed by atoms with Crippen LogP contribution in [-0.4, -0.2) is 25.1 Å². The number of anilines is 1. The first-order chi connectivity index (χ1) is 12.4. The molecule has 2 aromatic carbocycles. The largest absolute Gasteiger partial charge is 0.497 e. The molecule has 0 atom stereocenters. The van der Waals surface area contributed by atoms with Crippen molar-refractivity contribution >= 4 is 22.5 Å². The molecule has 1 heterocycles. The summed E-state index contributed by atoms with van der Waals surface area (Å²) in [6, 6.07) is 9.68. The van der Waals surface area contributed by atoms with Crippen LogP contribution in [0.2, 0.25) is 0 Å². The lowest BCUT2D eigenvalue weighted by Crippen LogP contribution is -2.34. The van der Waals surface area contributed by atoms with Crippen molar-refractivity contribution in [3.05, 3.63) is 54.0 Å². The van der Waals surface area contributed by atoms with Gasteiger partial charge >= 0.3 is 0 Å². The number of ether oxygens (including phenoxy) is 2. The monoisotopic (exact) mass is 356 g/mol. The molecule has 0 aliphatic rings. The van der Waals surface area contributed by atoms with Gasteiger partial charge in [-0.05, 0) is 49.7 Å². The highest BCUT2D eigenvalue weighted by atomic mass is 19.1. The first-order valence-corrected chi connectivity index (χ1v) is 8.17. The predicted octanol–water partition coefficient (Wildman–Crippen LogP) is 4.24. The Bertz CT molecular complexity index is 963. The van der Waals surface area contributed by atoms with Gasteiger partial charge in [-0.15, -0.1) is 0 Å². The molecule has 6 heteroatoms. The average molecular weight is 356 g/mol. The molecule has 1 aromatic heterocycles. The lowest BCUT2D eigenvalue weighted by Gasteiger charge is -2.24. The van der Waals surface area contributed by atoms with Crippen LogP contribution in [0.5, 0.6) is 11.5 Å². The molecule has 0 bridgehead atoms. The fourth-order valence-corrected chi connectivity index (χ4v) is 2.93. The number of carbonyl (C=O) groups excluding carboxylic acids is 1. The van der Waals surface area contributed by atoms with E-state index in [0.717, 1.165) is 10.9 Å². The molecule has 0 unspecified atom stereocenters. The average Bonchev–Trinajstić information content (AvgIpc) is 3.05. The Balaban J connectivity index is 1.95. The van der Waals surface area contributed by atoms with Gasteiger partial charge in [0.1, 0.15) is 17.3 Å². The van der Waals surface area contributed by atoms with Crippen molar-refractivity contribution in [3.8, 4) is 11.5 Å². The molecule has 0 aliphatic carbocycles. The van der Waals surface area contributed by atoms with Crippen molar-refractivity contribution in [1.29, 1.82) is 0 Å². The van der Waals surface area contributed by atoms with Gasteiger partial charge in [0.2, 0.25) is 5.91 Å². The normalized spacial score (nSPS) is 11.4. The summed E-state index contributed by atoms with van der Waals surface area (Å²) < 4.78 is 23.9. The second-order valence-corrected chi connectivity index (χ2v) is 6.54. The minimum absolute atomic E-state index is 0.214. The van der Waals surface area contributed by atoms with E-state index in [2.05, 4.69) is 10.3 Å². The van der Waals surface area contributed by atoms with Crippen LogP contribution in [0.25, 0.3) is 10.9 Å². The van der Waals surface area contributed by atoms with Crippen molar-refractivity contribution < 1.29 is 18.7 Å². The van der Waals surface area contributed by atoms with Crippen LogP contribution in [0.1, 0.15) is 19.4 Å².